The Morgan fingerprint density at radius 2 is 2.07 bits per heavy atom. The van der Waals surface area contributed by atoms with Gasteiger partial charge >= 0.3 is 0 Å². The van der Waals surface area contributed by atoms with E-state index in [2.05, 4.69) is 55.7 Å². The van der Waals surface area contributed by atoms with E-state index in [1.165, 1.54) is 11.3 Å². The van der Waals surface area contributed by atoms with Crippen LogP contribution >= 0.6 is 12.4 Å². The number of nitrogens with zero attached hydrogens (tertiary/aromatic N) is 1. The summed E-state index contributed by atoms with van der Waals surface area (Å²) in [5.74, 6) is 2.44. The lowest BCUT2D eigenvalue weighted by Gasteiger charge is -2.48. The van der Waals surface area contributed by atoms with Gasteiger partial charge in [0, 0.05) is 30.1 Å². The Hall–Kier alpha value is -1.72. The van der Waals surface area contributed by atoms with Crippen LogP contribution in [-0.4, -0.2) is 50.1 Å². The molecule has 2 heterocycles. The lowest BCUT2D eigenvalue weighted by Crippen LogP contribution is -2.50. The van der Waals surface area contributed by atoms with Crippen molar-refractivity contribution in [3.8, 4) is 5.75 Å². The standard InChI is InChI=1S/C24H35N3O2.ClH/c1-5-27(6-2)23(28)22-16(3)20-13-18-15-25-11-10-24(18,14-21(20)26-22)17-8-7-9-19(12-17)29-4;/h7-9,12,14,16,18,20,22,25-26H,5-6,10-11,13,15H2,1-4H3;1H. The van der Waals surface area contributed by atoms with Gasteiger partial charge in [0.1, 0.15) is 11.8 Å². The summed E-state index contributed by atoms with van der Waals surface area (Å²) in [5, 5.41) is 7.28. The lowest BCUT2D eigenvalue weighted by molar-refractivity contribution is -0.133. The molecule has 0 aromatic heterocycles. The second kappa shape index (κ2) is 9.19. The number of likely N-dealkylation sites (N-methyl/N-ethyl adjacent to an activating group) is 1. The Balaban J connectivity index is 0.00000256. The fourth-order valence-corrected chi connectivity index (χ4v) is 5.84. The van der Waals surface area contributed by atoms with Gasteiger partial charge < -0.3 is 20.3 Å². The van der Waals surface area contributed by atoms with Crippen LogP contribution in [0.4, 0.5) is 0 Å². The molecule has 5 unspecified atom stereocenters. The van der Waals surface area contributed by atoms with Crippen molar-refractivity contribution in [1.29, 1.82) is 0 Å². The van der Waals surface area contributed by atoms with Gasteiger partial charge in [-0.15, -0.1) is 12.4 Å². The highest BCUT2D eigenvalue weighted by molar-refractivity contribution is 5.85. The van der Waals surface area contributed by atoms with Crippen molar-refractivity contribution in [3.05, 3.63) is 41.6 Å². The van der Waals surface area contributed by atoms with E-state index in [0.717, 1.165) is 44.8 Å². The summed E-state index contributed by atoms with van der Waals surface area (Å²) in [6, 6.07) is 8.46. The number of nitrogens with one attached hydrogen (secondary N) is 2. The second-order valence-corrected chi connectivity index (χ2v) is 8.86. The molecule has 0 radical (unpaired) electrons. The predicted octanol–water partition coefficient (Wildman–Crippen LogP) is 3.34. The van der Waals surface area contributed by atoms with Crippen LogP contribution in [0.15, 0.2) is 36.0 Å². The van der Waals surface area contributed by atoms with E-state index in [0.29, 0.717) is 17.8 Å². The van der Waals surface area contributed by atoms with Crippen molar-refractivity contribution in [2.75, 3.05) is 33.3 Å². The fourth-order valence-electron chi connectivity index (χ4n) is 5.84. The molecular formula is C24H36ClN3O2. The third-order valence-electron chi connectivity index (χ3n) is 7.62. The highest BCUT2D eigenvalue weighted by Crippen LogP contribution is 2.51. The summed E-state index contributed by atoms with van der Waals surface area (Å²) in [4.78, 5) is 15.1. The molecule has 0 bridgehead atoms. The van der Waals surface area contributed by atoms with Crippen LogP contribution in [0, 0.1) is 17.8 Å². The molecule has 1 aromatic rings. The summed E-state index contributed by atoms with van der Waals surface area (Å²) >= 11 is 0. The molecule has 5 atom stereocenters. The Morgan fingerprint density at radius 1 is 1.30 bits per heavy atom. The number of carbonyl (C=O) groups is 1. The molecule has 2 saturated heterocycles. The van der Waals surface area contributed by atoms with Crippen molar-refractivity contribution in [3.63, 3.8) is 0 Å². The van der Waals surface area contributed by atoms with Crippen molar-refractivity contribution in [2.24, 2.45) is 17.8 Å². The minimum atomic E-state index is -0.110. The SMILES string of the molecule is CCN(CC)C(=O)C1NC2=CC3(c4cccc(OC)c4)CCNCC3CC2C1C.Cl. The smallest absolute Gasteiger partial charge is 0.245 e. The van der Waals surface area contributed by atoms with Crippen LogP contribution in [0.2, 0.25) is 0 Å². The van der Waals surface area contributed by atoms with Gasteiger partial charge in [-0.2, -0.15) is 0 Å². The van der Waals surface area contributed by atoms with Crippen LogP contribution in [0.5, 0.6) is 5.75 Å². The molecule has 1 amide bonds. The lowest BCUT2D eigenvalue weighted by atomic mass is 9.59. The number of methoxy groups -OCH3 is 1. The molecule has 1 aliphatic carbocycles. The molecule has 2 N–H and O–H groups in total. The maximum absolute atomic E-state index is 13.1. The number of benzene rings is 1. The second-order valence-electron chi connectivity index (χ2n) is 8.86. The Bertz CT molecular complexity index is 794. The van der Waals surface area contributed by atoms with E-state index in [1.807, 2.05) is 11.0 Å². The zero-order chi connectivity index (χ0) is 20.6. The average Bonchev–Trinajstić information content (AvgIpc) is 3.08. The summed E-state index contributed by atoms with van der Waals surface area (Å²) in [7, 11) is 1.73. The molecule has 4 rings (SSSR count). The van der Waals surface area contributed by atoms with Crippen molar-refractivity contribution in [2.45, 2.75) is 45.1 Å². The van der Waals surface area contributed by atoms with Gasteiger partial charge in [-0.05, 0) is 69.3 Å². The van der Waals surface area contributed by atoms with Crippen LogP contribution in [0.25, 0.3) is 0 Å². The normalized spacial score (nSPS) is 32.1. The number of halogens is 1. The largest absolute Gasteiger partial charge is 0.497 e. The van der Waals surface area contributed by atoms with Crippen LogP contribution in [0.1, 0.15) is 39.2 Å². The van der Waals surface area contributed by atoms with Crippen molar-refractivity contribution in [1.82, 2.24) is 15.5 Å². The van der Waals surface area contributed by atoms with E-state index < -0.39 is 0 Å². The molecule has 0 spiro atoms. The molecule has 30 heavy (non-hydrogen) atoms. The quantitative estimate of drug-likeness (QED) is 0.747. The monoisotopic (exact) mass is 433 g/mol. The summed E-state index contributed by atoms with van der Waals surface area (Å²) < 4.78 is 5.52. The summed E-state index contributed by atoms with van der Waals surface area (Å²) in [5.41, 5.74) is 2.62. The van der Waals surface area contributed by atoms with E-state index in [1.54, 1.807) is 7.11 Å². The summed E-state index contributed by atoms with van der Waals surface area (Å²) in [6.07, 6.45) is 4.67. The van der Waals surface area contributed by atoms with Gasteiger partial charge in [0.15, 0.2) is 0 Å². The number of fused-ring (bicyclic) bond motifs is 2. The molecule has 6 heteroatoms. The Morgan fingerprint density at radius 3 is 2.77 bits per heavy atom. The zero-order valence-electron chi connectivity index (χ0n) is 18.6. The topological polar surface area (TPSA) is 53.6 Å². The van der Waals surface area contributed by atoms with Crippen molar-refractivity contribution >= 4 is 18.3 Å². The molecular weight excluding hydrogens is 398 g/mol. The molecule has 3 aliphatic rings. The molecule has 2 fully saturated rings. The highest BCUT2D eigenvalue weighted by atomic mass is 35.5. The minimum absolute atomic E-state index is 0. The van der Waals surface area contributed by atoms with E-state index in [-0.39, 0.29) is 29.8 Å². The highest BCUT2D eigenvalue weighted by Gasteiger charge is 2.51. The Labute approximate surface area is 187 Å². The molecule has 2 aliphatic heterocycles. The molecule has 166 valence electrons. The number of piperidine rings is 1. The zero-order valence-corrected chi connectivity index (χ0v) is 19.4. The Kier molecular flexibility index (Phi) is 7.03. The first-order valence-electron chi connectivity index (χ1n) is 11.2. The third-order valence-corrected chi connectivity index (χ3v) is 7.62. The average molecular weight is 434 g/mol. The van der Waals surface area contributed by atoms with E-state index >= 15 is 0 Å². The van der Waals surface area contributed by atoms with Crippen LogP contribution < -0.4 is 15.4 Å². The molecule has 1 aromatic carbocycles. The van der Waals surface area contributed by atoms with Gasteiger partial charge in [-0.25, -0.2) is 0 Å². The number of allylic oxidation sites excluding steroid dienone is 2. The van der Waals surface area contributed by atoms with Gasteiger partial charge in [-0.1, -0.05) is 25.1 Å². The van der Waals surface area contributed by atoms with Gasteiger partial charge in [0.05, 0.1) is 7.11 Å². The van der Waals surface area contributed by atoms with Crippen LogP contribution in [0.3, 0.4) is 0 Å². The van der Waals surface area contributed by atoms with Gasteiger partial charge in [0.2, 0.25) is 5.91 Å². The van der Waals surface area contributed by atoms with Gasteiger partial charge in [-0.3, -0.25) is 4.79 Å². The number of hydrogen-bond donors (Lipinski definition) is 2. The fraction of sp³-hybridized carbons (Fsp3) is 0.625. The molecule has 0 saturated carbocycles. The van der Waals surface area contributed by atoms with E-state index in [4.69, 9.17) is 4.74 Å². The number of carbonyl (C=O) groups excluding carboxylic acids is 1. The first-order valence-corrected chi connectivity index (χ1v) is 11.2. The van der Waals surface area contributed by atoms with Crippen molar-refractivity contribution < 1.29 is 9.53 Å². The first-order chi connectivity index (χ1) is 14.0. The predicted molar refractivity (Wildman–Crippen MR) is 123 cm³/mol. The maximum atomic E-state index is 13.1. The maximum Gasteiger partial charge on any atom is 0.245 e. The first kappa shape index (κ1) is 23.0. The summed E-state index contributed by atoms with van der Waals surface area (Å²) in [6.45, 7) is 9.95. The minimum Gasteiger partial charge on any atom is -0.497 e. The number of ether oxygens (including phenoxy) is 1. The number of hydrogen-bond acceptors (Lipinski definition) is 4. The van der Waals surface area contributed by atoms with Crippen LogP contribution in [-0.2, 0) is 10.2 Å². The van der Waals surface area contributed by atoms with E-state index in [9.17, 15) is 4.79 Å². The third kappa shape index (κ3) is 3.71. The number of amides is 1. The number of rotatable bonds is 5. The molecule has 5 nitrogen and oxygen atoms in total. The van der Waals surface area contributed by atoms with Gasteiger partial charge in [0.25, 0.3) is 0 Å².